The molecule has 0 heterocycles. The molecule has 0 unspecified atom stereocenters. The smallest absolute Gasteiger partial charge is 0.200 e. The number of nitrogens with one attached hydrogen (secondary N) is 1. The van der Waals surface area contributed by atoms with Crippen molar-refractivity contribution in [1.29, 1.82) is 0 Å². The molecule has 0 aliphatic carbocycles. The van der Waals surface area contributed by atoms with Crippen molar-refractivity contribution in [2.45, 2.75) is 19.4 Å². The molecule has 0 atom stereocenters. The Bertz CT molecular complexity index is 399. The summed E-state index contributed by atoms with van der Waals surface area (Å²) in [4.78, 5) is 0. The molecule has 0 amide bonds. The van der Waals surface area contributed by atoms with E-state index < -0.39 is 40.2 Å². The summed E-state index contributed by atoms with van der Waals surface area (Å²) in [5, 5.41) is 0. The third kappa shape index (κ3) is 1.75. The summed E-state index contributed by atoms with van der Waals surface area (Å²) in [6, 6.07) is 0. The second-order valence-electron chi connectivity index (χ2n) is 3.66. The van der Waals surface area contributed by atoms with Crippen LogP contribution in [0.3, 0.4) is 0 Å². The van der Waals surface area contributed by atoms with E-state index in [-0.39, 0.29) is 0 Å². The fraction of sp³-hybridized carbons (Fsp3) is 0.333. The standard InChI is InChI=1S/C9H7F6N/c1-9(2,16-15)3-4(10)6(12)8(14)7(13)5(3)11/h16H,1-2H3. The van der Waals surface area contributed by atoms with Crippen molar-refractivity contribution >= 4 is 0 Å². The number of hydrogen-bond acceptors (Lipinski definition) is 1. The SMILES string of the molecule is CC(C)(NF)c1c(F)c(F)c(F)c(F)c1F. The van der Waals surface area contributed by atoms with Crippen LogP contribution in [0.25, 0.3) is 0 Å². The van der Waals surface area contributed by atoms with Crippen molar-refractivity contribution in [2.24, 2.45) is 0 Å². The van der Waals surface area contributed by atoms with Crippen LogP contribution >= 0.6 is 0 Å². The van der Waals surface area contributed by atoms with Crippen LogP contribution in [-0.4, -0.2) is 0 Å². The first-order valence-electron chi connectivity index (χ1n) is 4.13. The third-order valence-corrected chi connectivity index (χ3v) is 2.07. The van der Waals surface area contributed by atoms with Gasteiger partial charge in [-0.2, -0.15) is 0 Å². The van der Waals surface area contributed by atoms with Gasteiger partial charge in [-0.25, -0.2) is 22.0 Å². The zero-order chi connectivity index (χ0) is 12.7. The van der Waals surface area contributed by atoms with E-state index in [1.807, 2.05) is 0 Å². The predicted octanol–water partition coefficient (Wildman–Crippen LogP) is 3.09. The second kappa shape index (κ2) is 3.97. The maximum Gasteiger partial charge on any atom is 0.200 e. The first-order valence-corrected chi connectivity index (χ1v) is 4.13. The highest BCUT2D eigenvalue weighted by Gasteiger charge is 2.35. The van der Waals surface area contributed by atoms with E-state index in [0.29, 0.717) is 0 Å². The molecule has 1 rings (SSSR count). The average Bonchev–Trinajstić information content (AvgIpc) is 2.23. The molecule has 0 saturated heterocycles. The highest BCUT2D eigenvalue weighted by molar-refractivity contribution is 5.29. The molecular formula is C9H7F6N. The van der Waals surface area contributed by atoms with Crippen LogP contribution in [0.15, 0.2) is 0 Å². The Morgan fingerprint density at radius 2 is 1.06 bits per heavy atom. The Labute approximate surface area is 87.0 Å². The minimum absolute atomic E-state index is 0.936. The van der Waals surface area contributed by atoms with Crippen molar-refractivity contribution in [3.63, 3.8) is 0 Å². The van der Waals surface area contributed by atoms with Gasteiger partial charge in [0.15, 0.2) is 23.3 Å². The van der Waals surface area contributed by atoms with Gasteiger partial charge in [-0.1, -0.05) is 0 Å². The monoisotopic (exact) mass is 243 g/mol. The molecule has 0 bridgehead atoms. The van der Waals surface area contributed by atoms with Gasteiger partial charge in [-0.3, -0.25) is 0 Å². The van der Waals surface area contributed by atoms with Crippen molar-refractivity contribution in [1.82, 2.24) is 5.54 Å². The van der Waals surface area contributed by atoms with Crippen LogP contribution in [0.1, 0.15) is 19.4 Å². The Balaban J connectivity index is 3.65. The van der Waals surface area contributed by atoms with Gasteiger partial charge in [-0.05, 0) is 13.8 Å². The first kappa shape index (κ1) is 12.8. The molecule has 1 aromatic carbocycles. The van der Waals surface area contributed by atoms with Gasteiger partial charge in [0.25, 0.3) is 0 Å². The molecule has 0 saturated carbocycles. The normalized spacial score (nSPS) is 12.0. The molecule has 1 aromatic rings. The van der Waals surface area contributed by atoms with Crippen LogP contribution < -0.4 is 5.54 Å². The quantitative estimate of drug-likeness (QED) is 0.364. The highest BCUT2D eigenvalue weighted by atomic mass is 19.2. The molecule has 1 nitrogen and oxygen atoms in total. The van der Waals surface area contributed by atoms with Crippen molar-refractivity contribution in [2.75, 3.05) is 0 Å². The van der Waals surface area contributed by atoms with Gasteiger partial charge in [-0.15, -0.1) is 10.0 Å². The molecule has 0 aliphatic rings. The zero-order valence-electron chi connectivity index (χ0n) is 8.27. The Morgan fingerprint density at radius 1 is 0.750 bits per heavy atom. The third-order valence-electron chi connectivity index (χ3n) is 2.07. The molecule has 0 spiro atoms. The van der Waals surface area contributed by atoms with Crippen LogP contribution in [0.5, 0.6) is 0 Å². The number of hydrogen-bond donors (Lipinski definition) is 1. The van der Waals surface area contributed by atoms with Gasteiger partial charge >= 0.3 is 0 Å². The fourth-order valence-corrected chi connectivity index (χ4v) is 1.20. The molecule has 0 aromatic heterocycles. The number of halogens is 6. The van der Waals surface area contributed by atoms with E-state index in [9.17, 15) is 26.4 Å². The van der Waals surface area contributed by atoms with E-state index in [1.165, 1.54) is 0 Å². The lowest BCUT2D eigenvalue weighted by molar-refractivity contribution is 0.188. The number of benzene rings is 1. The highest BCUT2D eigenvalue weighted by Crippen LogP contribution is 2.31. The number of rotatable bonds is 2. The Hall–Kier alpha value is -1.24. The summed E-state index contributed by atoms with van der Waals surface area (Å²) in [6.45, 7) is 1.87. The molecule has 1 N–H and O–H groups in total. The van der Waals surface area contributed by atoms with E-state index >= 15 is 0 Å². The summed E-state index contributed by atoms with van der Waals surface area (Å²) >= 11 is 0. The molecule has 0 fully saturated rings. The summed E-state index contributed by atoms with van der Waals surface area (Å²) in [5.41, 5.74) is -2.29. The van der Waals surface area contributed by atoms with E-state index in [4.69, 9.17) is 0 Å². The van der Waals surface area contributed by atoms with E-state index in [1.54, 1.807) is 0 Å². The lowest BCUT2D eigenvalue weighted by atomic mass is 9.93. The predicted molar refractivity (Wildman–Crippen MR) is 43.5 cm³/mol. The fourth-order valence-electron chi connectivity index (χ4n) is 1.20. The minimum atomic E-state index is -2.27. The van der Waals surface area contributed by atoms with Gasteiger partial charge in [0.1, 0.15) is 0 Å². The lowest BCUT2D eigenvalue weighted by Crippen LogP contribution is -2.33. The van der Waals surface area contributed by atoms with Gasteiger partial charge in [0, 0.05) is 0 Å². The topological polar surface area (TPSA) is 12.0 Å². The minimum Gasteiger partial charge on any atom is -0.203 e. The molecule has 7 heteroatoms. The second-order valence-corrected chi connectivity index (χ2v) is 3.66. The van der Waals surface area contributed by atoms with Gasteiger partial charge in [0.05, 0.1) is 11.1 Å². The Kier molecular flexibility index (Phi) is 3.18. The van der Waals surface area contributed by atoms with Crippen molar-refractivity contribution < 1.29 is 26.4 Å². The maximum atomic E-state index is 13.2. The van der Waals surface area contributed by atoms with Crippen LogP contribution in [0.4, 0.5) is 26.4 Å². The molecule has 0 aliphatic heterocycles. The lowest BCUT2D eigenvalue weighted by Gasteiger charge is -2.23. The maximum absolute atomic E-state index is 13.2. The molecule has 90 valence electrons. The molecule has 0 radical (unpaired) electrons. The summed E-state index contributed by atoms with van der Waals surface area (Å²) in [7, 11) is 0. The van der Waals surface area contributed by atoms with Crippen LogP contribution in [-0.2, 0) is 5.54 Å². The molecular weight excluding hydrogens is 236 g/mol. The van der Waals surface area contributed by atoms with Gasteiger partial charge < -0.3 is 0 Å². The average molecular weight is 243 g/mol. The Morgan fingerprint density at radius 3 is 1.38 bits per heavy atom. The summed E-state index contributed by atoms with van der Waals surface area (Å²) in [6.07, 6.45) is 0. The van der Waals surface area contributed by atoms with E-state index in [0.717, 1.165) is 19.4 Å². The van der Waals surface area contributed by atoms with Crippen molar-refractivity contribution in [3.05, 3.63) is 34.6 Å². The van der Waals surface area contributed by atoms with Crippen molar-refractivity contribution in [3.8, 4) is 0 Å². The summed E-state index contributed by atoms with van der Waals surface area (Å²) < 4.78 is 76.7. The largest absolute Gasteiger partial charge is 0.203 e. The van der Waals surface area contributed by atoms with Gasteiger partial charge in [0.2, 0.25) is 5.82 Å². The van der Waals surface area contributed by atoms with E-state index in [2.05, 4.69) is 0 Å². The summed E-state index contributed by atoms with van der Waals surface area (Å²) in [5.74, 6) is -10.6. The van der Waals surface area contributed by atoms with Crippen LogP contribution in [0.2, 0.25) is 0 Å². The molecule has 16 heavy (non-hydrogen) atoms. The van der Waals surface area contributed by atoms with Crippen LogP contribution in [0, 0.1) is 29.1 Å². The first-order chi connectivity index (χ1) is 7.24. The zero-order valence-corrected chi connectivity index (χ0v) is 8.27.